The summed E-state index contributed by atoms with van der Waals surface area (Å²) in [7, 11) is 0. The zero-order valence-electron chi connectivity index (χ0n) is 5.97. The predicted octanol–water partition coefficient (Wildman–Crippen LogP) is 1.68. The molecule has 0 spiro atoms. The molecule has 58 valence electrons. The highest BCUT2D eigenvalue weighted by atomic mass is 35.5. The maximum atomic E-state index is 5.69. The van der Waals surface area contributed by atoms with Crippen LogP contribution in [0.15, 0.2) is 12.3 Å². The highest BCUT2D eigenvalue weighted by Crippen LogP contribution is 2.12. The molecular formula is C7H7ClN2S. The molecule has 1 heterocycles. The molecule has 0 unspecified atom stereocenters. The molecule has 1 aromatic rings. The van der Waals surface area contributed by atoms with Crippen molar-refractivity contribution in [1.82, 2.24) is 4.98 Å². The van der Waals surface area contributed by atoms with Gasteiger partial charge in [-0.3, -0.25) is 0 Å². The molecule has 11 heavy (non-hydrogen) atoms. The lowest BCUT2D eigenvalue weighted by Crippen LogP contribution is -2.09. The summed E-state index contributed by atoms with van der Waals surface area (Å²) in [6.45, 7) is 1.86. The molecule has 2 nitrogen and oxygen atoms in total. The number of thiocarbonyl (C=S) groups is 1. The van der Waals surface area contributed by atoms with Gasteiger partial charge in [0.15, 0.2) is 0 Å². The van der Waals surface area contributed by atoms with Crippen LogP contribution in [0.3, 0.4) is 0 Å². The van der Waals surface area contributed by atoms with E-state index in [-0.39, 0.29) is 0 Å². The molecular weight excluding hydrogens is 180 g/mol. The van der Waals surface area contributed by atoms with Crippen molar-refractivity contribution < 1.29 is 0 Å². The molecule has 0 fully saturated rings. The summed E-state index contributed by atoms with van der Waals surface area (Å²) in [5.41, 5.74) is 7.02. The van der Waals surface area contributed by atoms with Crippen LogP contribution in [-0.4, -0.2) is 9.97 Å². The van der Waals surface area contributed by atoms with Crippen LogP contribution in [0.25, 0.3) is 0 Å². The number of halogens is 1. The average Bonchev–Trinajstić information content (AvgIpc) is 1.94. The predicted molar refractivity (Wildman–Crippen MR) is 49.9 cm³/mol. The van der Waals surface area contributed by atoms with Crippen molar-refractivity contribution in [3.05, 3.63) is 28.5 Å². The van der Waals surface area contributed by atoms with Crippen LogP contribution < -0.4 is 5.73 Å². The van der Waals surface area contributed by atoms with E-state index in [9.17, 15) is 0 Å². The summed E-state index contributed by atoms with van der Waals surface area (Å²) in [5, 5.41) is 0.491. The molecule has 1 aromatic heterocycles. The van der Waals surface area contributed by atoms with Crippen LogP contribution in [0, 0.1) is 6.92 Å². The van der Waals surface area contributed by atoms with Gasteiger partial charge < -0.3 is 5.73 Å². The fourth-order valence-electron chi connectivity index (χ4n) is 0.693. The number of rotatable bonds is 1. The summed E-state index contributed by atoms with van der Waals surface area (Å²) in [4.78, 5) is 4.24. The first kappa shape index (κ1) is 8.43. The van der Waals surface area contributed by atoms with E-state index in [1.54, 1.807) is 6.20 Å². The average molecular weight is 187 g/mol. The molecule has 0 bridgehead atoms. The van der Waals surface area contributed by atoms with E-state index in [1.165, 1.54) is 0 Å². The number of nitrogens with zero attached hydrogens (tertiary/aromatic N) is 1. The molecule has 2 N–H and O–H groups in total. The Labute approximate surface area is 75.4 Å². The molecule has 0 amide bonds. The third-order valence-corrected chi connectivity index (χ3v) is 1.93. The molecule has 0 atom stereocenters. The van der Waals surface area contributed by atoms with Gasteiger partial charge in [0.2, 0.25) is 0 Å². The van der Waals surface area contributed by atoms with Crippen molar-refractivity contribution in [3.8, 4) is 0 Å². The summed E-state index contributed by atoms with van der Waals surface area (Å²) in [6.07, 6.45) is 1.57. The molecule has 0 radical (unpaired) electrons. The lowest BCUT2D eigenvalue weighted by molar-refractivity contribution is 1.26. The van der Waals surface area contributed by atoms with E-state index >= 15 is 0 Å². The summed E-state index contributed by atoms with van der Waals surface area (Å²) in [5.74, 6) is 0. The lowest BCUT2D eigenvalue weighted by Gasteiger charge is -1.99. The smallest absolute Gasteiger partial charge is 0.131 e. The van der Waals surface area contributed by atoms with E-state index in [2.05, 4.69) is 4.98 Å². The maximum Gasteiger partial charge on any atom is 0.131 e. The van der Waals surface area contributed by atoms with Gasteiger partial charge in [-0.05, 0) is 18.6 Å². The van der Waals surface area contributed by atoms with Crippen LogP contribution >= 0.6 is 23.8 Å². The van der Waals surface area contributed by atoms with Crippen LogP contribution in [0.1, 0.15) is 11.1 Å². The Kier molecular flexibility index (Phi) is 2.42. The fourth-order valence-corrected chi connectivity index (χ4v) is 0.908. The first-order valence-electron chi connectivity index (χ1n) is 3.03. The molecule has 0 aliphatic rings. The third kappa shape index (κ3) is 1.88. The van der Waals surface area contributed by atoms with Gasteiger partial charge in [0.25, 0.3) is 0 Å². The summed E-state index contributed by atoms with van der Waals surface area (Å²) in [6, 6.07) is 1.82. The van der Waals surface area contributed by atoms with E-state index in [1.807, 2.05) is 13.0 Å². The molecule has 0 aliphatic carbocycles. The van der Waals surface area contributed by atoms with Crippen LogP contribution in [0.5, 0.6) is 0 Å². The Morgan fingerprint density at radius 3 is 2.82 bits per heavy atom. The number of nitrogens with two attached hydrogens (primary N) is 1. The zero-order valence-corrected chi connectivity index (χ0v) is 7.54. The number of pyridine rings is 1. The molecule has 0 saturated carbocycles. The molecule has 0 aliphatic heterocycles. The molecule has 0 saturated heterocycles. The van der Waals surface area contributed by atoms with Gasteiger partial charge in [-0.15, -0.1) is 0 Å². The SMILES string of the molecule is Cc1cc(C(N)=S)cnc1Cl. The normalized spacial score (nSPS) is 9.64. The van der Waals surface area contributed by atoms with Crippen molar-refractivity contribution in [1.29, 1.82) is 0 Å². The van der Waals surface area contributed by atoms with Crippen molar-refractivity contribution in [2.45, 2.75) is 6.92 Å². The van der Waals surface area contributed by atoms with Gasteiger partial charge in [0, 0.05) is 11.8 Å². The Balaban J connectivity index is 3.15. The Hall–Kier alpha value is -0.670. The van der Waals surface area contributed by atoms with E-state index < -0.39 is 0 Å². The minimum Gasteiger partial charge on any atom is -0.389 e. The van der Waals surface area contributed by atoms with Gasteiger partial charge >= 0.3 is 0 Å². The van der Waals surface area contributed by atoms with E-state index in [0.717, 1.165) is 11.1 Å². The van der Waals surface area contributed by atoms with Gasteiger partial charge in [0.1, 0.15) is 10.1 Å². The van der Waals surface area contributed by atoms with Crippen molar-refractivity contribution in [3.63, 3.8) is 0 Å². The highest BCUT2D eigenvalue weighted by Gasteiger charge is 1.99. The first-order chi connectivity index (χ1) is 5.11. The quantitative estimate of drug-likeness (QED) is 0.536. The Bertz CT molecular complexity index is 298. The molecule has 0 aromatic carbocycles. The van der Waals surface area contributed by atoms with Gasteiger partial charge in [-0.2, -0.15) is 0 Å². The first-order valence-corrected chi connectivity index (χ1v) is 3.82. The maximum absolute atomic E-state index is 5.69. The zero-order chi connectivity index (χ0) is 8.43. The Morgan fingerprint density at radius 1 is 1.73 bits per heavy atom. The number of aryl methyl sites for hydroxylation is 1. The summed E-state index contributed by atoms with van der Waals surface area (Å²) < 4.78 is 0. The number of aromatic nitrogens is 1. The molecule has 1 rings (SSSR count). The van der Waals surface area contributed by atoms with Crippen LogP contribution in [0.4, 0.5) is 0 Å². The van der Waals surface area contributed by atoms with Crippen LogP contribution in [-0.2, 0) is 0 Å². The number of hydrogen-bond donors (Lipinski definition) is 1. The van der Waals surface area contributed by atoms with Crippen LogP contribution in [0.2, 0.25) is 5.15 Å². The van der Waals surface area contributed by atoms with E-state index in [4.69, 9.17) is 29.6 Å². The van der Waals surface area contributed by atoms with Crippen molar-refractivity contribution in [2.75, 3.05) is 0 Å². The second-order valence-electron chi connectivity index (χ2n) is 2.20. The second kappa shape index (κ2) is 3.15. The van der Waals surface area contributed by atoms with Gasteiger partial charge in [0.05, 0.1) is 0 Å². The molecule has 4 heteroatoms. The lowest BCUT2D eigenvalue weighted by atomic mass is 10.2. The summed E-state index contributed by atoms with van der Waals surface area (Å²) >= 11 is 10.4. The Morgan fingerprint density at radius 2 is 2.36 bits per heavy atom. The minimum absolute atomic E-state index is 0.345. The van der Waals surface area contributed by atoms with Gasteiger partial charge in [-0.1, -0.05) is 23.8 Å². The van der Waals surface area contributed by atoms with Gasteiger partial charge in [-0.25, -0.2) is 4.98 Å². The van der Waals surface area contributed by atoms with Crippen molar-refractivity contribution in [2.24, 2.45) is 5.73 Å². The second-order valence-corrected chi connectivity index (χ2v) is 2.99. The largest absolute Gasteiger partial charge is 0.389 e. The van der Waals surface area contributed by atoms with Crippen molar-refractivity contribution >= 4 is 28.8 Å². The standard InChI is InChI=1S/C7H7ClN2S/c1-4-2-5(7(9)11)3-10-6(4)8/h2-3H,1H3,(H2,9,11). The highest BCUT2D eigenvalue weighted by molar-refractivity contribution is 7.80. The topological polar surface area (TPSA) is 38.9 Å². The third-order valence-electron chi connectivity index (χ3n) is 1.30. The monoisotopic (exact) mass is 186 g/mol. The number of hydrogen-bond acceptors (Lipinski definition) is 2. The van der Waals surface area contributed by atoms with E-state index in [0.29, 0.717) is 10.1 Å². The fraction of sp³-hybridized carbons (Fsp3) is 0.143. The minimum atomic E-state index is 0.345.